The molecule has 2 nitrogen and oxygen atoms in total. The first-order chi connectivity index (χ1) is 8.96. The second-order valence-electron chi connectivity index (χ2n) is 4.25. The topological polar surface area (TPSA) is 34.1 Å². The molecule has 0 aliphatic carbocycles. The lowest BCUT2D eigenvalue weighted by Crippen LogP contribution is -2.09. The van der Waals surface area contributed by atoms with Gasteiger partial charge in [0.15, 0.2) is 9.84 Å². The predicted molar refractivity (Wildman–Crippen MR) is 69.1 cm³/mol. The maximum Gasteiger partial charge on any atom is 0.158 e. The molecule has 2 aromatic carbocycles. The third kappa shape index (κ3) is 3.86. The Balaban J connectivity index is 2.18. The summed E-state index contributed by atoms with van der Waals surface area (Å²) in [6.07, 6.45) is 0. The molecule has 5 heteroatoms. The third-order valence-corrected chi connectivity index (χ3v) is 4.13. The molecule has 0 fully saturated rings. The van der Waals surface area contributed by atoms with Crippen molar-refractivity contribution in [3.05, 3.63) is 71.3 Å². The minimum atomic E-state index is -3.53. The van der Waals surface area contributed by atoms with E-state index in [9.17, 15) is 17.2 Å². The lowest BCUT2D eigenvalue weighted by Gasteiger charge is -2.06. The van der Waals surface area contributed by atoms with Gasteiger partial charge in [0.25, 0.3) is 0 Å². The third-order valence-electron chi connectivity index (χ3n) is 2.61. The molecule has 0 saturated heterocycles. The van der Waals surface area contributed by atoms with Crippen LogP contribution in [0.25, 0.3) is 0 Å². The highest BCUT2D eigenvalue weighted by Gasteiger charge is 2.15. The summed E-state index contributed by atoms with van der Waals surface area (Å²) in [6, 6.07) is 11.1. The molecular weight excluding hydrogens is 270 g/mol. The van der Waals surface area contributed by atoms with Gasteiger partial charge in [0, 0.05) is 5.56 Å². The summed E-state index contributed by atoms with van der Waals surface area (Å²) >= 11 is 0. The summed E-state index contributed by atoms with van der Waals surface area (Å²) in [6.45, 7) is 0. The van der Waals surface area contributed by atoms with E-state index in [4.69, 9.17) is 0 Å². The number of rotatable bonds is 4. The van der Waals surface area contributed by atoms with Gasteiger partial charge in [-0.05, 0) is 23.8 Å². The van der Waals surface area contributed by atoms with Crippen molar-refractivity contribution >= 4 is 9.84 Å². The number of hydrogen-bond acceptors (Lipinski definition) is 2. The first-order valence-corrected chi connectivity index (χ1v) is 7.47. The average Bonchev–Trinajstić information content (AvgIpc) is 2.31. The maximum absolute atomic E-state index is 13.4. The van der Waals surface area contributed by atoms with Crippen LogP contribution in [0.1, 0.15) is 11.1 Å². The molecular formula is C14H12F2O2S. The van der Waals surface area contributed by atoms with Crippen LogP contribution in [0.15, 0.2) is 48.5 Å². The van der Waals surface area contributed by atoms with Crippen LogP contribution < -0.4 is 0 Å². The second kappa shape index (κ2) is 5.48. The van der Waals surface area contributed by atoms with Gasteiger partial charge in [-0.2, -0.15) is 0 Å². The van der Waals surface area contributed by atoms with E-state index in [1.807, 2.05) is 0 Å². The highest BCUT2D eigenvalue weighted by Crippen LogP contribution is 2.15. The molecule has 0 unspecified atom stereocenters. The van der Waals surface area contributed by atoms with Crippen molar-refractivity contribution in [2.45, 2.75) is 11.5 Å². The quantitative estimate of drug-likeness (QED) is 0.863. The van der Waals surface area contributed by atoms with Gasteiger partial charge in [-0.25, -0.2) is 17.2 Å². The minimum absolute atomic E-state index is 0.124. The Kier molecular flexibility index (Phi) is 3.95. The Morgan fingerprint density at radius 2 is 1.63 bits per heavy atom. The van der Waals surface area contributed by atoms with Crippen LogP contribution >= 0.6 is 0 Å². The standard InChI is InChI=1S/C14H12F2O2S/c15-13-6-3-4-11(8-13)9-19(17,18)10-12-5-1-2-7-14(12)16/h1-8H,9-10H2. The van der Waals surface area contributed by atoms with Crippen LogP contribution in [0.3, 0.4) is 0 Å². The number of hydrogen-bond donors (Lipinski definition) is 0. The summed E-state index contributed by atoms with van der Waals surface area (Å²) in [4.78, 5) is 0. The Bertz CT molecular complexity index is 681. The van der Waals surface area contributed by atoms with Crippen molar-refractivity contribution in [3.8, 4) is 0 Å². The summed E-state index contributed by atoms with van der Waals surface area (Å²) in [5.74, 6) is -1.74. The molecule has 0 radical (unpaired) electrons. The summed E-state index contributed by atoms with van der Waals surface area (Å²) < 4.78 is 50.3. The van der Waals surface area contributed by atoms with Crippen LogP contribution in [0.2, 0.25) is 0 Å². The predicted octanol–water partition coefficient (Wildman–Crippen LogP) is 3.08. The molecule has 0 spiro atoms. The van der Waals surface area contributed by atoms with Gasteiger partial charge in [-0.1, -0.05) is 30.3 Å². The van der Waals surface area contributed by atoms with Gasteiger partial charge in [-0.3, -0.25) is 0 Å². The number of benzene rings is 2. The lowest BCUT2D eigenvalue weighted by atomic mass is 10.2. The van der Waals surface area contributed by atoms with Crippen LogP contribution in [-0.4, -0.2) is 8.42 Å². The van der Waals surface area contributed by atoms with E-state index in [1.54, 1.807) is 6.07 Å². The molecule has 0 atom stereocenters. The molecule has 0 bridgehead atoms. The van der Waals surface area contributed by atoms with Gasteiger partial charge in [0.1, 0.15) is 11.6 Å². The average molecular weight is 282 g/mol. The van der Waals surface area contributed by atoms with E-state index >= 15 is 0 Å². The molecule has 0 aliphatic rings. The van der Waals surface area contributed by atoms with Crippen LogP contribution in [0.4, 0.5) is 8.78 Å². The highest BCUT2D eigenvalue weighted by molar-refractivity contribution is 7.89. The van der Waals surface area contributed by atoms with E-state index in [1.165, 1.54) is 42.5 Å². The minimum Gasteiger partial charge on any atom is -0.228 e. The SMILES string of the molecule is O=S(=O)(Cc1cccc(F)c1)Cc1ccccc1F. The zero-order valence-electron chi connectivity index (χ0n) is 10.0. The molecule has 0 amide bonds. The first kappa shape index (κ1) is 13.7. The van der Waals surface area contributed by atoms with Crippen molar-refractivity contribution in [1.29, 1.82) is 0 Å². The maximum atomic E-state index is 13.4. The molecule has 100 valence electrons. The van der Waals surface area contributed by atoms with Crippen molar-refractivity contribution in [3.63, 3.8) is 0 Å². The summed E-state index contributed by atoms with van der Waals surface area (Å²) in [5.41, 5.74) is 0.482. The highest BCUT2D eigenvalue weighted by atomic mass is 32.2. The van der Waals surface area contributed by atoms with E-state index in [0.29, 0.717) is 5.56 Å². The van der Waals surface area contributed by atoms with E-state index in [0.717, 1.165) is 0 Å². The fourth-order valence-corrected chi connectivity index (χ4v) is 3.28. The summed E-state index contributed by atoms with van der Waals surface area (Å²) in [7, 11) is -3.53. The van der Waals surface area contributed by atoms with Crippen LogP contribution in [0, 0.1) is 11.6 Å². The lowest BCUT2D eigenvalue weighted by molar-refractivity contribution is 0.586. The van der Waals surface area contributed by atoms with E-state index < -0.39 is 27.2 Å². The first-order valence-electron chi connectivity index (χ1n) is 5.64. The van der Waals surface area contributed by atoms with Gasteiger partial charge in [0.2, 0.25) is 0 Å². The van der Waals surface area contributed by atoms with Crippen molar-refractivity contribution in [2.24, 2.45) is 0 Å². The van der Waals surface area contributed by atoms with E-state index in [-0.39, 0.29) is 11.3 Å². The van der Waals surface area contributed by atoms with Gasteiger partial charge in [0.05, 0.1) is 11.5 Å². The molecule has 2 aromatic rings. The fourth-order valence-electron chi connectivity index (χ4n) is 1.78. The largest absolute Gasteiger partial charge is 0.228 e. The summed E-state index contributed by atoms with van der Waals surface area (Å²) in [5, 5.41) is 0. The Morgan fingerprint density at radius 3 is 2.32 bits per heavy atom. The zero-order chi connectivity index (χ0) is 13.9. The normalized spacial score (nSPS) is 11.5. The monoisotopic (exact) mass is 282 g/mol. The fraction of sp³-hybridized carbons (Fsp3) is 0.143. The van der Waals surface area contributed by atoms with Crippen molar-refractivity contribution < 1.29 is 17.2 Å². The molecule has 0 N–H and O–H groups in total. The molecule has 0 heterocycles. The second-order valence-corrected chi connectivity index (χ2v) is 6.32. The smallest absolute Gasteiger partial charge is 0.158 e. The molecule has 19 heavy (non-hydrogen) atoms. The van der Waals surface area contributed by atoms with Gasteiger partial charge < -0.3 is 0 Å². The van der Waals surface area contributed by atoms with Crippen LogP contribution in [0.5, 0.6) is 0 Å². The molecule has 0 aliphatic heterocycles. The van der Waals surface area contributed by atoms with Crippen molar-refractivity contribution in [2.75, 3.05) is 0 Å². The Labute approximate surface area is 110 Å². The van der Waals surface area contributed by atoms with Gasteiger partial charge in [-0.15, -0.1) is 0 Å². The van der Waals surface area contributed by atoms with Crippen LogP contribution in [-0.2, 0) is 21.3 Å². The van der Waals surface area contributed by atoms with Gasteiger partial charge >= 0.3 is 0 Å². The number of sulfone groups is 1. The number of halogens is 2. The zero-order valence-corrected chi connectivity index (χ0v) is 10.8. The Hall–Kier alpha value is -1.75. The molecule has 2 rings (SSSR count). The van der Waals surface area contributed by atoms with Crippen molar-refractivity contribution in [1.82, 2.24) is 0 Å². The molecule has 0 saturated carbocycles. The molecule has 0 aromatic heterocycles. The van der Waals surface area contributed by atoms with E-state index in [2.05, 4.69) is 0 Å². The Morgan fingerprint density at radius 1 is 0.895 bits per heavy atom.